The molecule has 3 rings (SSSR count). The minimum atomic E-state index is -0.214. The highest BCUT2D eigenvalue weighted by molar-refractivity contribution is 7.98. The number of aromatic nitrogens is 2. The number of benzene rings is 1. The molecule has 6 heteroatoms. The molecule has 1 heterocycles. The number of halogens is 1. The van der Waals surface area contributed by atoms with Gasteiger partial charge in [0, 0.05) is 10.9 Å². The summed E-state index contributed by atoms with van der Waals surface area (Å²) in [5.74, 6) is 1.50. The highest BCUT2D eigenvalue weighted by atomic mass is 32.2. The molecule has 1 aromatic heterocycles. The first-order valence-corrected chi connectivity index (χ1v) is 8.22. The van der Waals surface area contributed by atoms with Crippen LogP contribution in [0.25, 0.3) is 0 Å². The third kappa shape index (κ3) is 4.04. The Labute approximate surface area is 127 Å². The van der Waals surface area contributed by atoms with E-state index in [0.29, 0.717) is 35.0 Å². The summed E-state index contributed by atoms with van der Waals surface area (Å²) in [4.78, 5) is 4.94. The molecule has 0 bridgehead atoms. The van der Waals surface area contributed by atoms with Crippen LogP contribution >= 0.6 is 11.8 Å². The summed E-state index contributed by atoms with van der Waals surface area (Å²) in [6, 6.07) is 7.28. The topological polar surface area (TPSA) is 51.0 Å². The molecule has 2 aromatic rings. The van der Waals surface area contributed by atoms with E-state index in [1.54, 1.807) is 12.1 Å². The predicted molar refractivity (Wildman–Crippen MR) is 79.4 cm³/mol. The molecular formula is C15H18FN3OS. The molecule has 0 saturated heterocycles. The van der Waals surface area contributed by atoms with E-state index in [0.717, 1.165) is 0 Å². The molecular weight excluding hydrogens is 289 g/mol. The second-order valence-electron chi connectivity index (χ2n) is 5.19. The average Bonchev–Trinajstić information content (AvgIpc) is 3.16. The third-order valence-corrected chi connectivity index (χ3v) is 4.65. The highest BCUT2D eigenvalue weighted by Gasteiger charge is 2.15. The third-order valence-electron chi connectivity index (χ3n) is 3.60. The first-order chi connectivity index (χ1) is 10.3. The van der Waals surface area contributed by atoms with Crippen LogP contribution in [0.5, 0.6) is 0 Å². The van der Waals surface area contributed by atoms with Gasteiger partial charge in [0.15, 0.2) is 5.82 Å². The summed E-state index contributed by atoms with van der Waals surface area (Å²) in [5.41, 5.74) is 0. The molecule has 1 aliphatic carbocycles. The molecule has 0 amide bonds. The second-order valence-corrected chi connectivity index (χ2v) is 6.20. The molecule has 1 N–H and O–H groups in total. The first-order valence-electron chi connectivity index (χ1n) is 7.23. The number of hydrogen-bond donors (Lipinski definition) is 1. The normalized spacial score (nSPS) is 15.7. The Morgan fingerprint density at radius 1 is 1.29 bits per heavy atom. The lowest BCUT2D eigenvalue weighted by atomic mass is 10.2. The Kier molecular flexibility index (Phi) is 4.87. The van der Waals surface area contributed by atoms with Crippen LogP contribution in [-0.2, 0) is 12.3 Å². The quantitative estimate of drug-likeness (QED) is 0.827. The summed E-state index contributed by atoms with van der Waals surface area (Å²) in [5, 5.41) is 7.37. The van der Waals surface area contributed by atoms with Gasteiger partial charge in [-0.2, -0.15) is 4.98 Å². The summed E-state index contributed by atoms with van der Waals surface area (Å²) in [6.45, 7) is 0.613. The van der Waals surface area contributed by atoms with E-state index in [1.165, 1.54) is 43.5 Å². The Bertz CT molecular complexity index is 584. The van der Waals surface area contributed by atoms with Crippen molar-refractivity contribution in [3.63, 3.8) is 0 Å². The lowest BCUT2D eigenvalue weighted by Gasteiger charge is -2.08. The molecule has 0 spiro atoms. The van der Waals surface area contributed by atoms with Gasteiger partial charge in [-0.3, -0.25) is 0 Å². The summed E-state index contributed by atoms with van der Waals surface area (Å²) < 4.78 is 18.7. The standard InChI is InChI=1S/C15H18FN3OS/c16-12-7-3-4-8-13(12)21-10-14-18-15(20-19-14)9-17-11-5-1-2-6-11/h3-4,7-8,11,17H,1-2,5-6,9-10H2. The van der Waals surface area contributed by atoms with E-state index in [-0.39, 0.29) is 5.82 Å². The molecule has 0 unspecified atom stereocenters. The molecule has 21 heavy (non-hydrogen) atoms. The van der Waals surface area contributed by atoms with Crippen molar-refractivity contribution in [2.75, 3.05) is 0 Å². The van der Waals surface area contributed by atoms with Crippen LogP contribution < -0.4 is 5.32 Å². The van der Waals surface area contributed by atoms with Crippen molar-refractivity contribution in [2.24, 2.45) is 0 Å². The maximum atomic E-state index is 13.5. The Morgan fingerprint density at radius 3 is 2.90 bits per heavy atom. The molecule has 112 valence electrons. The summed E-state index contributed by atoms with van der Waals surface area (Å²) in [7, 11) is 0. The Hall–Kier alpha value is -1.40. The molecule has 1 aliphatic rings. The van der Waals surface area contributed by atoms with Crippen molar-refractivity contribution >= 4 is 11.8 Å². The maximum Gasteiger partial charge on any atom is 0.240 e. The minimum Gasteiger partial charge on any atom is -0.338 e. The van der Waals surface area contributed by atoms with Crippen molar-refractivity contribution in [2.45, 2.75) is 48.9 Å². The summed E-state index contributed by atoms with van der Waals surface area (Å²) in [6.07, 6.45) is 5.05. The monoisotopic (exact) mass is 307 g/mol. The van der Waals surface area contributed by atoms with E-state index in [9.17, 15) is 4.39 Å². The zero-order valence-corrected chi connectivity index (χ0v) is 12.5. The Morgan fingerprint density at radius 2 is 2.10 bits per heavy atom. The fourth-order valence-corrected chi connectivity index (χ4v) is 3.27. The second kappa shape index (κ2) is 7.04. The smallest absolute Gasteiger partial charge is 0.240 e. The largest absolute Gasteiger partial charge is 0.338 e. The fourth-order valence-electron chi connectivity index (χ4n) is 2.49. The van der Waals surface area contributed by atoms with Crippen LogP contribution in [-0.4, -0.2) is 16.2 Å². The molecule has 4 nitrogen and oxygen atoms in total. The lowest BCUT2D eigenvalue weighted by molar-refractivity contribution is 0.354. The van der Waals surface area contributed by atoms with Gasteiger partial charge in [-0.05, 0) is 25.0 Å². The van der Waals surface area contributed by atoms with Crippen molar-refractivity contribution in [1.29, 1.82) is 0 Å². The number of rotatable bonds is 6. The van der Waals surface area contributed by atoms with Crippen molar-refractivity contribution in [3.8, 4) is 0 Å². The highest BCUT2D eigenvalue weighted by Crippen LogP contribution is 2.24. The Balaban J connectivity index is 1.49. The van der Waals surface area contributed by atoms with Crippen LogP contribution in [0.1, 0.15) is 37.4 Å². The molecule has 0 aliphatic heterocycles. The van der Waals surface area contributed by atoms with Gasteiger partial charge in [0.05, 0.1) is 12.3 Å². The maximum absolute atomic E-state index is 13.5. The van der Waals surface area contributed by atoms with E-state index in [4.69, 9.17) is 4.52 Å². The van der Waals surface area contributed by atoms with Crippen molar-refractivity contribution < 1.29 is 8.91 Å². The number of hydrogen-bond acceptors (Lipinski definition) is 5. The van der Waals surface area contributed by atoms with Gasteiger partial charge < -0.3 is 9.84 Å². The van der Waals surface area contributed by atoms with E-state index in [2.05, 4.69) is 15.5 Å². The van der Waals surface area contributed by atoms with Gasteiger partial charge in [-0.15, -0.1) is 11.8 Å². The minimum absolute atomic E-state index is 0.214. The number of thioether (sulfide) groups is 1. The molecule has 1 fully saturated rings. The molecule has 0 atom stereocenters. The van der Waals surface area contributed by atoms with Gasteiger partial charge >= 0.3 is 0 Å². The molecule has 1 saturated carbocycles. The van der Waals surface area contributed by atoms with Gasteiger partial charge in [0.1, 0.15) is 5.82 Å². The van der Waals surface area contributed by atoms with E-state index in [1.807, 2.05) is 6.07 Å². The van der Waals surface area contributed by atoms with Crippen LogP contribution in [0.3, 0.4) is 0 Å². The van der Waals surface area contributed by atoms with Gasteiger partial charge in [0.2, 0.25) is 5.89 Å². The van der Waals surface area contributed by atoms with Crippen LogP contribution in [0, 0.1) is 5.82 Å². The molecule has 0 radical (unpaired) electrons. The van der Waals surface area contributed by atoms with Crippen molar-refractivity contribution in [3.05, 3.63) is 41.8 Å². The predicted octanol–water partition coefficient (Wildman–Crippen LogP) is 3.53. The number of nitrogens with zero attached hydrogens (tertiary/aromatic N) is 2. The molecule has 1 aromatic carbocycles. The first kappa shape index (κ1) is 14.5. The average molecular weight is 307 g/mol. The van der Waals surface area contributed by atoms with Gasteiger partial charge in [0.25, 0.3) is 0 Å². The van der Waals surface area contributed by atoms with Crippen LogP contribution in [0.2, 0.25) is 0 Å². The van der Waals surface area contributed by atoms with Gasteiger partial charge in [-0.1, -0.05) is 30.1 Å². The fraction of sp³-hybridized carbons (Fsp3) is 0.467. The SMILES string of the molecule is Fc1ccccc1SCc1noc(CNC2CCCC2)n1. The van der Waals surface area contributed by atoms with Crippen molar-refractivity contribution in [1.82, 2.24) is 15.5 Å². The van der Waals surface area contributed by atoms with E-state index >= 15 is 0 Å². The zero-order valence-electron chi connectivity index (χ0n) is 11.7. The van der Waals surface area contributed by atoms with Crippen LogP contribution in [0.15, 0.2) is 33.7 Å². The van der Waals surface area contributed by atoms with E-state index < -0.39 is 0 Å². The van der Waals surface area contributed by atoms with Gasteiger partial charge in [-0.25, -0.2) is 4.39 Å². The van der Waals surface area contributed by atoms with Crippen LogP contribution in [0.4, 0.5) is 4.39 Å². The number of nitrogens with one attached hydrogen (secondary N) is 1. The summed E-state index contributed by atoms with van der Waals surface area (Å²) >= 11 is 1.38. The zero-order chi connectivity index (χ0) is 14.5. The lowest BCUT2D eigenvalue weighted by Crippen LogP contribution is -2.25.